The maximum Gasteiger partial charge on any atom is 0.264 e. The molecule has 3 aromatic rings. The maximum absolute atomic E-state index is 12.0. The van der Waals surface area contributed by atoms with Gasteiger partial charge in [0.05, 0.1) is 11.8 Å². The Morgan fingerprint density at radius 1 is 1.30 bits per heavy atom. The summed E-state index contributed by atoms with van der Waals surface area (Å²) in [5.41, 5.74) is 0.728. The van der Waals surface area contributed by atoms with Gasteiger partial charge < -0.3 is 9.47 Å². The number of amides is 1. The Morgan fingerprint density at radius 3 is 2.91 bits per heavy atom. The number of rotatable bonds is 5. The Morgan fingerprint density at radius 2 is 2.13 bits per heavy atom. The van der Waals surface area contributed by atoms with E-state index in [1.165, 1.54) is 11.3 Å². The summed E-state index contributed by atoms with van der Waals surface area (Å²) in [5.74, 6) is 0.927. The van der Waals surface area contributed by atoms with Crippen LogP contribution in [-0.4, -0.2) is 24.6 Å². The molecule has 0 radical (unpaired) electrons. The van der Waals surface area contributed by atoms with E-state index in [9.17, 15) is 4.79 Å². The molecule has 0 spiro atoms. The SMILES string of the molecule is COc1cccc2sc(NC(=O)COc3cccc(Cl)c3)nc12. The van der Waals surface area contributed by atoms with Crippen molar-refractivity contribution in [2.75, 3.05) is 19.0 Å². The van der Waals surface area contributed by atoms with Gasteiger partial charge in [-0.05, 0) is 30.3 Å². The number of fused-ring (bicyclic) bond motifs is 1. The summed E-state index contributed by atoms with van der Waals surface area (Å²) in [6.07, 6.45) is 0. The molecule has 0 unspecified atom stereocenters. The molecule has 1 N–H and O–H groups in total. The van der Waals surface area contributed by atoms with Crippen LogP contribution in [0.1, 0.15) is 0 Å². The second-order valence-corrected chi connectivity index (χ2v) is 6.09. The van der Waals surface area contributed by atoms with Gasteiger partial charge in [0.1, 0.15) is 17.0 Å². The number of hydrogen-bond donors (Lipinski definition) is 1. The highest BCUT2D eigenvalue weighted by atomic mass is 35.5. The minimum atomic E-state index is -0.289. The van der Waals surface area contributed by atoms with Gasteiger partial charge in [0, 0.05) is 5.02 Å². The molecule has 1 aromatic heterocycles. The maximum atomic E-state index is 12.0. The Bertz CT molecular complexity index is 850. The number of nitrogens with one attached hydrogen (secondary N) is 1. The van der Waals surface area contributed by atoms with Gasteiger partial charge >= 0.3 is 0 Å². The molecule has 1 heterocycles. The highest BCUT2D eigenvalue weighted by Crippen LogP contribution is 2.32. The first-order chi connectivity index (χ1) is 11.2. The number of anilines is 1. The number of benzene rings is 2. The third-order valence-corrected chi connectivity index (χ3v) is 4.19. The first-order valence-corrected chi connectivity index (χ1v) is 7.97. The van der Waals surface area contributed by atoms with E-state index < -0.39 is 0 Å². The molecule has 1 amide bonds. The van der Waals surface area contributed by atoms with Crippen molar-refractivity contribution in [3.8, 4) is 11.5 Å². The van der Waals surface area contributed by atoms with E-state index in [1.807, 2.05) is 18.2 Å². The summed E-state index contributed by atoms with van der Waals surface area (Å²) in [5, 5.41) is 3.78. The molecule has 5 nitrogen and oxygen atoms in total. The molecule has 0 fully saturated rings. The zero-order valence-corrected chi connectivity index (χ0v) is 13.8. The van der Waals surface area contributed by atoms with E-state index in [4.69, 9.17) is 21.1 Å². The predicted octanol–water partition coefficient (Wildman–Crippen LogP) is 3.98. The van der Waals surface area contributed by atoms with E-state index in [2.05, 4.69) is 10.3 Å². The third-order valence-electron chi connectivity index (χ3n) is 3.01. The fourth-order valence-electron chi connectivity index (χ4n) is 2.00. The molecule has 3 rings (SSSR count). The molecule has 0 atom stereocenters. The molecular formula is C16H13ClN2O3S. The van der Waals surface area contributed by atoms with Gasteiger partial charge in [-0.15, -0.1) is 0 Å². The Labute approximate surface area is 141 Å². The number of thiazole rings is 1. The van der Waals surface area contributed by atoms with Crippen molar-refractivity contribution in [3.05, 3.63) is 47.5 Å². The summed E-state index contributed by atoms with van der Waals surface area (Å²) in [6, 6.07) is 12.5. The van der Waals surface area contributed by atoms with Crippen molar-refractivity contribution < 1.29 is 14.3 Å². The molecule has 118 valence electrons. The predicted molar refractivity (Wildman–Crippen MR) is 91.7 cm³/mol. The van der Waals surface area contributed by atoms with Gasteiger partial charge in [0.2, 0.25) is 0 Å². The fourth-order valence-corrected chi connectivity index (χ4v) is 3.08. The molecule has 0 aliphatic carbocycles. The molecule has 2 aromatic carbocycles. The van der Waals surface area contributed by atoms with Gasteiger partial charge in [-0.3, -0.25) is 10.1 Å². The first-order valence-electron chi connectivity index (χ1n) is 6.77. The number of carbonyl (C=O) groups is 1. The standard InChI is InChI=1S/C16H13ClN2O3S/c1-21-12-6-3-7-13-15(12)19-16(23-13)18-14(20)9-22-11-5-2-4-10(17)8-11/h2-8H,9H2,1H3,(H,18,19,20). The van der Waals surface area contributed by atoms with Crippen LogP contribution in [0.3, 0.4) is 0 Å². The van der Waals surface area contributed by atoms with Crippen LogP contribution in [0.4, 0.5) is 5.13 Å². The summed E-state index contributed by atoms with van der Waals surface area (Å²) in [7, 11) is 1.59. The number of ether oxygens (including phenoxy) is 2. The van der Waals surface area contributed by atoms with E-state index in [0.29, 0.717) is 21.7 Å². The molecule has 0 aliphatic heterocycles. The number of hydrogen-bond acceptors (Lipinski definition) is 5. The zero-order chi connectivity index (χ0) is 16.2. The van der Waals surface area contributed by atoms with Crippen LogP contribution in [0.15, 0.2) is 42.5 Å². The second-order valence-electron chi connectivity index (χ2n) is 4.62. The number of nitrogens with zero attached hydrogens (tertiary/aromatic N) is 1. The second kappa shape index (κ2) is 6.85. The summed E-state index contributed by atoms with van der Waals surface area (Å²) in [6.45, 7) is -0.118. The van der Waals surface area contributed by atoms with Crippen LogP contribution >= 0.6 is 22.9 Å². The first kappa shape index (κ1) is 15.6. The lowest BCUT2D eigenvalue weighted by atomic mass is 10.3. The van der Waals surface area contributed by atoms with Crippen LogP contribution in [0, 0.1) is 0 Å². The molecule has 7 heteroatoms. The minimum Gasteiger partial charge on any atom is -0.494 e. The van der Waals surface area contributed by atoms with Crippen molar-refractivity contribution in [3.63, 3.8) is 0 Å². The van der Waals surface area contributed by atoms with Gasteiger partial charge in [-0.2, -0.15) is 0 Å². The quantitative estimate of drug-likeness (QED) is 0.757. The average Bonchev–Trinajstić information content (AvgIpc) is 2.95. The average molecular weight is 349 g/mol. The van der Waals surface area contributed by atoms with Crippen LogP contribution in [0.25, 0.3) is 10.2 Å². The van der Waals surface area contributed by atoms with Crippen molar-refractivity contribution in [2.24, 2.45) is 0 Å². The molecule has 0 saturated heterocycles. The smallest absolute Gasteiger partial charge is 0.264 e. The zero-order valence-electron chi connectivity index (χ0n) is 12.2. The largest absolute Gasteiger partial charge is 0.494 e. The number of aromatic nitrogens is 1. The van der Waals surface area contributed by atoms with Gasteiger partial charge in [-0.1, -0.05) is 35.1 Å². The van der Waals surface area contributed by atoms with Crippen molar-refractivity contribution in [1.82, 2.24) is 4.98 Å². The fraction of sp³-hybridized carbons (Fsp3) is 0.125. The molecule has 23 heavy (non-hydrogen) atoms. The van der Waals surface area contributed by atoms with E-state index >= 15 is 0 Å². The van der Waals surface area contributed by atoms with Crippen molar-refractivity contribution >= 4 is 44.2 Å². The normalized spacial score (nSPS) is 10.5. The lowest BCUT2D eigenvalue weighted by Gasteiger charge is -2.05. The third kappa shape index (κ3) is 3.72. The van der Waals surface area contributed by atoms with Crippen LogP contribution in [0.5, 0.6) is 11.5 Å². The number of para-hydroxylation sites is 1. The van der Waals surface area contributed by atoms with Gasteiger partial charge in [0.15, 0.2) is 11.7 Å². The van der Waals surface area contributed by atoms with Gasteiger partial charge in [0.25, 0.3) is 5.91 Å². The van der Waals surface area contributed by atoms with Gasteiger partial charge in [-0.25, -0.2) is 4.98 Å². The topological polar surface area (TPSA) is 60.5 Å². The minimum absolute atomic E-state index is 0.118. The van der Waals surface area contributed by atoms with E-state index in [-0.39, 0.29) is 12.5 Å². The highest BCUT2D eigenvalue weighted by Gasteiger charge is 2.11. The molecule has 0 aliphatic rings. The number of methoxy groups -OCH3 is 1. The van der Waals surface area contributed by atoms with Crippen molar-refractivity contribution in [1.29, 1.82) is 0 Å². The lowest BCUT2D eigenvalue weighted by Crippen LogP contribution is -2.19. The molecular weight excluding hydrogens is 336 g/mol. The number of halogens is 1. The summed E-state index contributed by atoms with van der Waals surface area (Å²) < 4.78 is 11.6. The number of carbonyl (C=O) groups excluding carboxylic acids is 1. The highest BCUT2D eigenvalue weighted by molar-refractivity contribution is 7.22. The van der Waals surface area contributed by atoms with Crippen LogP contribution < -0.4 is 14.8 Å². The van der Waals surface area contributed by atoms with Crippen LogP contribution in [0.2, 0.25) is 5.02 Å². The van der Waals surface area contributed by atoms with E-state index in [0.717, 1.165) is 10.2 Å². The molecule has 0 saturated carbocycles. The van der Waals surface area contributed by atoms with Crippen molar-refractivity contribution in [2.45, 2.75) is 0 Å². The summed E-state index contributed by atoms with van der Waals surface area (Å²) in [4.78, 5) is 16.3. The van der Waals surface area contributed by atoms with E-state index in [1.54, 1.807) is 31.4 Å². The Balaban J connectivity index is 1.66. The summed E-state index contributed by atoms with van der Waals surface area (Å²) >= 11 is 7.24. The lowest BCUT2D eigenvalue weighted by molar-refractivity contribution is -0.118. The Hall–Kier alpha value is -2.31. The van der Waals surface area contributed by atoms with Crippen LogP contribution in [-0.2, 0) is 4.79 Å². The monoisotopic (exact) mass is 348 g/mol. The Kier molecular flexibility index (Phi) is 4.64. The molecule has 0 bridgehead atoms.